The quantitative estimate of drug-likeness (QED) is 0.362. The van der Waals surface area contributed by atoms with E-state index in [1.165, 1.54) is 57.8 Å². The van der Waals surface area contributed by atoms with Crippen molar-refractivity contribution in [1.29, 1.82) is 0 Å². The van der Waals surface area contributed by atoms with Crippen LogP contribution in [0.5, 0.6) is 0 Å². The van der Waals surface area contributed by atoms with Crippen LogP contribution in [-0.4, -0.2) is 20.0 Å². The lowest BCUT2D eigenvalue weighted by Gasteiger charge is -2.16. The molecule has 0 heterocycles. The zero-order valence-corrected chi connectivity index (χ0v) is 11.5. The molecule has 0 rings (SSSR count). The summed E-state index contributed by atoms with van der Waals surface area (Å²) in [6, 6.07) is 0. The van der Waals surface area contributed by atoms with Crippen molar-refractivity contribution in [2.45, 2.75) is 77.7 Å². The molecule has 0 spiro atoms. The van der Waals surface area contributed by atoms with E-state index >= 15 is 0 Å². The molecular formula is C14H30O2. The summed E-state index contributed by atoms with van der Waals surface area (Å²) in [5, 5.41) is 0. The second-order valence-corrected chi connectivity index (χ2v) is 4.54. The van der Waals surface area contributed by atoms with Crippen LogP contribution in [0.15, 0.2) is 0 Å². The standard InChI is InChI=1S/C14H30O2/c1-4-6-8-9-10-12-14(11-7-5-2)16-13-15-3/h14H,4-13H2,1-3H3. The van der Waals surface area contributed by atoms with Gasteiger partial charge >= 0.3 is 0 Å². The molecule has 0 saturated carbocycles. The lowest BCUT2D eigenvalue weighted by atomic mass is 10.0. The van der Waals surface area contributed by atoms with E-state index < -0.39 is 0 Å². The van der Waals surface area contributed by atoms with Crippen LogP contribution >= 0.6 is 0 Å². The van der Waals surface area contributed by atoms with Gasteiger partial charge in [-0.05, 0) is 12.8 Å². The smallest absolute Gasteiger partial charge is 0.146 e. The van der Waals surface area contributed by atoms with Crippen molar-refractivity contribution < 1.29 is 9.47 Å². The maximum absolute atomic E-state index is 5.68. The largest absolute Gasteiger partial charge is 0.359 e. The number of methoxy groups -OCH3 is 1. The van der Waals surface area contributed by atoms with Crippen LogP contribution in [0.3, 0.4) is 0 Å². The van der Waals surface area contributed by atoms with Gasteiger partial charge in [-0.2, -0.15) is 0 Å². The highest BCUT2D eigenvalue weighted by atomic mass is 16.7. The summed E-state index contributed by atoms with van der Waals surface area (Å²) in [5.41, 5.74) is 0. The third-order valence-corrected chi connectivity index (χ3v) is 2.93. The molecule has 0 radical (unpaired) electrons. The van der Waals surface area contributed by atoms with Crippen molar-refractivity contribution >= 4 is 0 Å². The first-order valence-electron chi connectivity index (χ1n) is 6.95. The van der Waals surface area contributed by atoms with Gasteiger partial charge in [0.1, 0.15) is 6.79 Å². The molecule has 1 atom stereocenters. The fraction of sp³-hybridized carbons (Fsp3) is 1.00. The molecule has 0 fully saturated rings. The fourth-order valence-electron chi connectivity index (χ4n) is 1.88. The van der Waals surface area contributed by atoms with Gasteiger partial charge in [-0.1, -0.05) is 58.8 Å². The van der Waals surface area contributed by atoms with Gasteiger partial charge in [0, 0.05) is 7.11 Å². The second kappa shape index (κ2) is 13.0. The van der Waals surface area contributed by atoms with Crippen LogP contribution in [0.2, 0.25) is 0 Å². The topological polar surface area (TPSA) is 18.5 Å². The Kier molecular flexibility index (Phi) is 12.9. The van der Waals surface area contributed by atoms with E-state index in [0.29, 0.717) is 12.9 Å². The highest BCUT2D eigenvalue weighted by Crippen LogP contribution is 2.14. The Bertz CT molecular complexity index is 118. The summed E-state index contributed by atoms with van der Waals surface area (Å²) in [4.78, 5) is 0. The summed E-state index contributed by atoms with van der Waals surface area (Å²) >= 11 is 0. The maximum atomic E-state index is 5.68. The van der Waals surface area contributed by atoms with Crippen molar-refractivity contribution in [1.82, 2.24) is 0 Å². The molecule has 0 aromatic heterocycles. The summed E-state index contributed by atoms with van der Waals surface area (Å²) in [6.45, 7) is 4.93. The average Bonchev–Trinajstić information content (AvgIpc) is 2.31. The molecule has 0 aliphatic heterocycles. The molecule has 1 unspecified atom stereocenters. The first-order valence-corrected chi connectivity index (χ1v) is 6.95. The van der Waals surface area contributed by atoms with E-state index in [1.54, 1.807) is 7.11 Å². The summed E-state index contributed by atoms with van der Waals surface area (Å²) in [5.74, 6) is 0. The van der Waals surface area contributed by atoms with Crippen molar-refractivity contribution in [3.8, 4) is 0 Å². The molecule has 0 N–H and O–H groups in total. The Labute approximate surface area is 102 Å². The molecule has 0 bridgehead atoms. The molecule has 0 saturated heterocycles. The summed E-state index contributed by atoms with van der Waals surface area (Å²) < 4.78 is 10.7. The van der Waals surface area contributed by atoms with Crippen LogP contribution in [0, 0.1) is 0 Å². The molecule has 2 nitrogen and oxygen atoms in total. The first-order chi connectivity index (χ1) is 7.85. The molecule has 0 aromatic rings. The normalized spacial score (nSPS) is 12.9. The van der Waals surface area contributed by atoms with Gasteiger partial charge in [0.2, 0.25) is 0 Å². The molecule has 0 aliphatic carbocycles. The van der Waals surface area contributed by atoms with E-state index in [9.17, 15) is 0 Å². The number of hydrogen-bond acceptors (Lipinski definition) is 2. The third-order valence-electron chi connectivity index (χ3n) is 2.93. The molecular weight excluding hydrogens is 200 g/mol. The van der Waals surface area contributed by atoms with Gasteiger partial charge in [0.05, 0.1) is 6.10 Å². The van der Waals surface area contributed by atoms with E-state index in [4.69, 9.17) is 9.47 Å². The van der Waals surface area contributed by atoms with Crippen molar-refractivity contribution in [2.75, 3.05) is 13.9 Å². The Hall–Kier alpha value is -0.0800. The van der Waals surface area contributed by atoms with E-state index in [1.807, 2.05) is 0 Å². The van der Waals surface area contributed by atoms with Gasteiger partial charge in [-0.25, -0.2) is 0 Å². The Morgan fingerprint density at radius 1 is 0.812 bits per heavy atom. The average molecular weight is 230 g/mol. The predicted octanol–water partition coefficient (Wildman–Crippen LogP) is 4.53. The Morgan fingerprint density at radius 3 is 2.06 bits per heavy atom. The number of ether oxygens (including phenoxy) is 2. The van der Waals surface area contributed by atoms with Gasteiger partial charge < -0.3 is 9.47 Å². The summed E-state index contributed by atoms with van der Waals surface area (Å²) in [6.07, 6.45) is 12.1. The van der Waals surface area contributed by atoms with Crippen LogP contribution in [0.4, 0.5) is 0 Å². The van der Waals surface area contributed by atoms with Crippen LogP contribution in [0.1, 0.15) is 71.6 Å². The van der Waals surface area contributed by atoms with Gasteiger partial charge in [0.25, 0.3) is 0 Å². The van der Waals surface area contributed by atoms with E-state index in [-0.39, 0.29) is 0 Å². The molecule has 2 heteroatoms. The fourth-order valence-corrected chi connectivity index (χ4v) is 1.88. The molecule has 98 valence electrons. The van der Waals surface area contributed by atoms with Crippen LogP contribution < -0.4 is 0 Å². The highest BCUT2D eigenvalue weighted by molar-refractivity contribution is 4.58. The van der Waals surface area contributed by atoms with E-state index in [2.05, 4.69) is 13.8 Å². The number of unbranched alkanes of at least 4 members (excludes halogenated alkanes) is 5. The summed E-state index contributed by atoms with van der Waals surface area (Å²) in [7, 11) is 1.69. The van der Waals surface area contributed by atoms with Crippen molar-refractivity contribution in [3.05, 3.63) is 0 Å². The van der Waals surface area contributed by atoms with Gasteiger partial charge in [0.15, 0.2) is 0 Å². The minimum Gasteiger partial charge on any atom is -0.359 e. The lowest BCUT2D eigenvalue weighted by Crippen LogP contribution is -2.14. The first kappa shape index (κ1) is 15.9. The second-order valence-electron chi connectivity index (χ2n) is 4.54. The minimum absolute atomic E-state index is 0.418. The van der Waals surface area contributed by atoms with E-state index in [0.717, 1.165) is 0 Å². The Balaban J connectivity index is 3.48. The molecule has 0 aromatic carbocycles. The molecule has 16 heavy (non-hydrogen) atoms. The Morgan fingerprint density at radius 2 is 1.44 bits per heavy atom. The zero-order chi connectivity index (χ0) is 12.1. The van der Waals surface area contributed by atoms with Gasteiger partial charge in [-0.15, -0.1) is 0 Å². The van der Waals surface area contributed by atoms with Crippen LogP contribution in [-0.2, 0) is 9.47 Å². The third kappa shape index (κ3) is 10.4. The van der Waals surface area contributed by atoms with Crippen LogP contribution in [0.25, 0.3) is 0 Å². The molecule has 0 amide bonds. The van der Waals surface area contributed by atoms with Crippen molar-refractivity contribution in [3.63, 3.8) is 0 Å². The zero-order valence-electron chi connectivity index (χ0n) is 11.5. The van der Waals surface area contributed by atoms with Gasteiger partial charge in [-0.3, -0.25) is 0 Å². The molecule has 0 aliphatic rings. The number of rotatable bonds is 12. The monoisotopic (exact) mass is 230 g/mol. The highest BCUT2D eigenvalue weighted by Gasteiger charge is 2.07. The van der Waals surface area contributed by atoms with Crippen molar-refractivity contribution in [2.24, 2.45) is 0 Å². The number of hydrogen-bond donors (Lipinski definition) is 0. The SMILES string of the molecule is CCCCCCCC(CCCC)OCOC. The predicted molar refractivity (Wildman–Crippen MR) is 69.7 cm³/mol. The lowest BCUT2D eigenvalue weighted by molar-refractivity contribution is -0.0775. The minimum atomic E-state index is 0.418. The maximum Gasteiger partial charge on any atom is 0.146 e.